The maximum absolute atomic E-state index is 11.3. The molecule has 0 saturated carbocycles. The molecular formula is C16H18O10. The summed E-state index contributed by atoms with van der Waals surface area (Å²) in [6.45, 7) is -1.76. The number of carbonyl (C=O) groups excluding carboxylic acids is 4. The second-order valence-electron chi connectivity index (χ2n) is 4.52. The minimum absolute atomic E-state index is 0.348. The van der Waals surface area contributed by atoms with Gasteiger partial charge in [-0.15, -0.1) is 0 Å². The first kappa shape index (κ1) is 20.7. The van der Waals surface area contributed by atoms with Gasteiger partial charge >= 0.3 is 23.9 Å². The Hall–Kier alpha value is -3.30. The smallest absolute Gasteiger partial charge is 0.344 e. The summed E-state index contributed by atoms with van der Waals surface area (Å²) in [5.74, 6) is -2.12. The van der Waals surface area contributed by atoms with Gasteiger partial charge in [-0.05, 0) is 24.3 Å². The molecule has 0 heterocycles. The summed E-state index contributed by atoms with van der Waals surface area (Å²) < 4.78 is 28.2. The topological polar surface area (TPSA) is 124 Å². The third-order valence-corrected chi connectivity index (χ3v) is 2.69. The monoisotopic (exact) mass is 370 g/mol. The molecule has 0 aromatic heterocycles. The molecule has 0 N–H and O–H groups in total. The van der Waals surface area contributed by atoms with E-state index >= 15 is 0 Å². The first-order valence-electron chi connectivity index (χ1n) is 7.25. The largest absolute Gasteiger partial charge is 0.482 e. The van der Waals surface area contributed by atoms with E-state index in [-0.39, 0.29) is 0 Å². The molecule has 0 fully saturated rings. The van der Waals surface area contributed by atoms with Crippen LogP contribution < -0.4 is 9.47 Å². The molecule has 0 bridgehead atoms. The highest BCUT2D eigenvalue weighted by Crippen LogP contribution is 2.17. The van der Waals surface area contributed by atoms with Gasteiger partial charge in [-0.1, -0.05) is 0 Å². The van der Waals surface area contributed by atoms with Crippen molar-refractivity contribution in [1.82, 2.24) is 0 Å². The molecule has 0 aliphatic carbocycles. The van der Waals surface area contributed by atoms with Crippen LogP contribution in [0.5, 0.6) is 11.5 Å². The lowest BCUT2D eigenvalue weighted by Gasteiger charge is -2.08. The van der Waals surface area contributed by atoms with Gasteiger partial charge < -0.3 is 28.4 Å². The van der Waals surface area contributed by atoms with Crippen LogP contribution >= 0.6 is 0 Å². The van der Waals surface area contributed by atoms with Crippen molar-refractivity contribution in [3.63, 3.8) is 0 Å². The van der Waals surface area contributed by atoms with Gasteiger partial charge in [0.2, 0.25) is 0 Å². The zero-order chi connectivity index (χ0) is 19.4. The van der Waals surface area contributed by atoms with E-state index < -0.39 is 50.3 Å². The third-order valence-electron chi connectivity index (χ3n) is 2.69. The van der Waals surface area contributed by atoms with Gasteiger partial charge in [0.05, 0.1) is 14.2 Å². The van der Waals surface area contributed by atoms with E-state index in [0.29, 0.717) is 11.5 Å². The number of methoxy groups -OCH3 is 2. The van der Waals surface area contributed by atoms with Crippen LogP contribution in [0.25, 0.3) is 0 Å². The number of carbonyl (C=O) groups is 4. The lowest BCUT2D eigenvalue weighted by molar-refractivity contribution is -0.158. The van der Waals surface area contributed by atoms with Crippen LogP contribution in [0.4, 0.5) is 0 Å². The molecule has 0 unspecified atom stereocenters. The van der Waals surface area contributed by atoms with E-state index in [1.807, 2.05) is 0 Å². The molecule has 0 atom stereocenters. The Kier molecular flexibility index (Phi) is 9.01. The maximum Gasteiger partial charge on any atom is 0.344 e. The van der Waals surface area contributed by atoms with Crippen LogP contribution in [0.2, 0.25) is 0 Å². The summed E-state index contributed by atoms with van der Waals surface area (Å²) in [7, 11) is 2.35. The Morgan fingerprint density at radius 2 is 0.962 bits per heavy atom. The van der Waals surface area contributed by atoms with Gasteiger partial charge in [0, 0.05) is 0 Å². The van der Waals surface area contributed by atoms with Gasteiger partial charge in [-0.2, -0.15) is 0 Å². The summed E-state index contributed by atoms with van der Waals surface area (Å²) in [4.78, 5) is 44.3. The quantitative estimate of drug-likeness (QED) is 0.406. The second-order valence-corrected chi connectivity index (χ2v) is 4.52. The first-order valence-corrected chi connectivity index (χ1v) is 7.25. The van der Waals surface area contributed by atoms with Crippen molar-refractivity contribution in [3.05, 3.63) is 24.3 Å². The molecule has 0 aliphatic rings. The van der Waals surface area contributed by atoms with Crippen LogP contribution in [-0.2, 0) is 38.1 Å². The van der Waals surface area contributed by atoms with Gasteiger partial charge in [-0.3, -0.25) is 0 Å². The number of hydrogen-bond donors (Lipinski definition) is 0. The fraction of sp³-hybridized carbons (Fsp3) is 0.375. The summed E-state index contributed by atoms with van der Waals surface area (Å²) >= 11 is 0. The minimum atomic E-state index is -0.732. The molecule has 10 heteroatoms. The number of rotatable bonds is 10. The number of benzene rings is 1. The van der Waals surface area contributed by atoms with Gasteiger partial charge in [0.15, 0.2) is 26.4 Å². The predicted molar refractivity (Wildman–Crippen MR) is 83.4 cm³/mol. The fourth-order valence-corrected chi connectivity index (χ4v) is 1.40. The summed E-state index contributed by atoms with van der Waals surface area (Å²) in [6, 6.07) is 6.01. The van der Waals surface area contributed by atoms with Crippen molar-refractivity contribution in [1.29, 1.82) is 0 Å². The Labute approximate surface area is 148 Å². The molecular weight excluding hydrogens is 352 g/mol. The lowest BCUT2D eigenvalue weighted by atomic mass is 10.3. The predicted octanol–water partition coefficient (Wildman–Crippen LogP) is -0.123. The zero-order valence-electron chi connectivity index (χ0n) is 14.2. The average molecular weight is 370 g/mol. The van der Waals surface area contributed by atoms with Crippen LogP contribution in [0.15, 0.2) is 24.3 Å². The molecule has 26 heavy (non-hydrogen) atoms. The Bertz CT molecular complexity index is 567. The molecule has 0 radical (unpaired) electrons. The molecule has 0 spiro atoms. The van der Waals surface area contributed by atoms with Crippen molar-refractivity contribution >= 4 is 23.9 Å². The molecule has 0 saturated heterocycles. The first-order chi connectivity index (χ1) is 12.4. The van der Waals surface area contributed by atoms with E-state index in [1.165, 1.54) is 38.5 Å². The minimum Gasteiger partial charge on any atom is -0.482 e. The van der Waals surface area contributed by atoms with E-state index in [1.54, 1.807) is 0 Å². The maximum atomic E-state index is 11.3. The molecule has 0 aliphatic heterocycles. The molecule has 1 rings (SSSR count). The van der Waals surface area contributed by atoms with Crippen molar-refractivity contribution in [2.75, 3.05) is 40.6 Å². The van der Waals surface area contributed by atoms with Gasteiger partial charge in [-0.25, -0.2) is 19.2 Å². The van der Waals surface area contributed by atoms with Gasteiger partial charge in [0.1, 0.15) is 11.5 Å². The number of ether oxygens (including phenoxy) is 6. The molecule has 0 amide bonds. The van der Waals surface area contributed by atoms with E-state index in [9.17, 15) is 19.2 Å². The summed E-state index contributed by atoms with van der Waals surface area (Å²) in [5.41, 5.74) is 0. The number of esters is 4. The van der Waals surface area contributed by atoms with Crippen molar-refractivity contribution in [3.8, 4) is 11.5 Å². The van der Waals surface area contributed by atoms with E-state index in [2.05, 4.69) is 18.9 Å². The molecule has 142 valence electrons. The highest BCUT2D eigenvalue weighted by molar-refractivity contribution is 5.77. The Morgan fingerprint density at radius 1 is 0.615 bits per heavy atom. The van der Waals surface area contributed by atoms with Crippen LogP contribution in [0, 0.1) is 0 Å². The Balaban J connectivity index is 2.30. The standard InChI is InChI=1S/C16H18O10/c1-21-13(17)7-25-15(19)9-23-11-3-5-12(6-4-11)24-10-16(20)26-8-14(18)22-2/h3-6H,7-10H2,1-2H3. The molecule has 10 nitrogen and oxygen atoms in total. The van der Waals surface area contributed by atoms with Crippen molar-refractivity contribution in [2.24, 2.45) is 0 Å². The van der Waals surface area contributed by atoms with Crippen molar-refractivity contribution < 1.29 is 47.6 Å². The summed E-state index contributed by atoms with van der Waals surface area (Å²) in [6.07, 6.45) is 0. The summed E-state index contributed by atoms with van der Waals surface area (Å²) in [5, 5.41) is 0. The average Bonchev–Trinajstić information content (AvgIpc) is 2.67. The van der Waals surface area contributed by atoms with Crippen molar-refractivity contribution in [2.45, 2.75) is 0 Å². The molecule has 1 aromatic carbocycles. The van der Waals surface area contributed by atoms with Crippen LogP contribution in [0.1, 0.15) is 0 Å². The highest BCUT2D eigenvalue weighted by atomic mass is 16.6. The third kappa shape index (κ3) is 8.52. The highest BCUT2D eigenvalue weighted by Gasteiger charge is 2.10. The Morgan fingerprint density at radius 3 is 1.27 bits per heavy atom. The van der Waals surface area contributed by atoms with E-state index in [4.69, 9.17) is 9.47 Å². The lowest BCUT2D eigenvalue weighted by Crippen LogP contribution is -2.20. The SMILES string of the molecule is COC(=O)COC(=O)COc1ccc(OCC(=O)OCC(=O)OC)cc1. The molecule has 1 aromatic rings. The number of hydrogen-bond acceptors (Lipinski definition) is 10. The van der Waals surface area contributed by atoms with Gasteiger partial charge in [0.25, 0.3) is 0 Å². The van der Waals surface area contributed by atoms with Crippen LogP contribution in [-0.4, -0.2) is 64.5 Å². The van der Waals surface area contributed by atoms with E-state index in [0.717, 1.165) is 0 Å². The van der Waals surface area contributed by atoms with Crippen LogP contribution in [0.3, 0.4) is 0 Å². The normalized spacial score (nSPS) is 9.62. The second kappa shape index (κ2) is 11.3. The zero-order valence-corrected chi connectivity index (χ0v) is 14.2. The fourth-order valence-electron chi connectivity index (χ4n) is 1.40.